The van der Waals surface area contributed by atoms with E-state index in [-0.39, 0.29) is 16.9 Å². The fourth-order valence-corrected chi connectivity index (χ4v) is 4.37. The van der Waals surface area contributed by atoms with Crippen LogP contribution in [0, 0.1) is 0 Å². The van der Waals surface area contributed by atoms with Crippen LogP contribution in [0.5, 0.6) is 0 Å². The number of aromatic nitrogens is 2. The molecule has 7 heteroatoms. The van der Waals surface area contributed by atoms with E-state index >= 15 is 0 Å². The molecular weight excluding hydrogens is 347 g/mol. The molecule has 1 unspecified atom stereocenters. The van der Waals surface area contributed by atoms with Gasteiger partial charge in [0.1, 0.15) is 5.30 Å². The van der Waals surface area contributed by atoms with Crippen LogP contribution in [0.15, 0.2) is 35.3 Å². The lowest BCUT2D eigenvalue weighted by molar-refractivity contribution is 0.311. The molecule has 5 nitrogen and oxygen atoms in total. The lowest BCUT2D eigenvalue weighted by Gasteiger charge is -2.25. The van der Waals surface area contributed by atoms with Gasteiger partial charge in [0, 0.05) is 25.0 Å². The molecule has 1 heterocycles. The average Bonchev–Trinajstić information content (AvgIpc) is 2.94. The van der Waals surface area contributed by atoms with Crippen LogP contribution in [0.2, 0.25) is 5.02 Å². The summed E-state index contributed by atoms with van der Waals surface area (Å²) in [5.41, 5.74) is 0.438. The van der Waals surface area contributed by atoms with Crippen molar-refractivity contribution in [3.05, 3.63) is 45.8 Å². The number of rotatable bonds is 4. The SMILES string of the molecule is COP(C)(=O)c1cn(C2CCCCC2)n(-c2ccc(Cl)cc2)c1=O. The summed E-state index contributed by atoms with van der Waals surface area (Å²) in [4.78, 5) is 13.0. The molecule has 2 aromatic rings. The number of nitrogens with zero attached hydrogens (tertiary/aromatic N) is 2. The minimum absolute atomic E-state index is 0.229. The van der Waals surface area contributed by atoms with Crippen molar-refractivity contribution in [2.24, 2.45) is 0 Å². The molecule has 1 aliphatic rings. The molecule has 1 atom stereocenters. The minimum Gasteiger partial charge on any atom is -0.329 e. The van der Waals surface area contributed by atoms with Crippen LogP contribution in [0.1, 0.15) is 38.1 Å². The van der Waals surface area contributed by atoms with Crippen molar-refractivity contribution in [3.8, 4) is 5.69 Å². The fraction of sp³-hybridized carbons (Fsp3) is 0.471. The first-order valence-electron chi connectivity index (χ1n) is 8.18. The Bertz CT molecular complexity index is 819. The summed E-state index contributed by atoms with van der Waals surface area (Å²) in [6.07, 6.45) is 7.25. The monoisotopic (exact) mass is 368 g/mol. The van der Waals surface area contributed by atoms with Gasteiger partial charge in [0.15, 0.2) is 0 Å². The molecule has 0 spiro atoms. The highest BCUT2D eigenvalue weighted by Gasteiger charge is 2.29. The van der Waals surface area contributed by atoms with Gasteiger partial charge in [-0.2, -0.15) is 0 Å². The highest BCUT2D eigenvalue weighted by Crippen LogP contribution is 2.39. The lowest BCUT2D eigenvalue weighted by atomic mass is 9.96. The topological polar surface area (TPSA) is 53.2 Å². The second-order valence-electron chi connectivity index (χ2n) is 6.31. The first kappa shape index (κ1) is 17.5. The summed E-state index contributed by atoms with van der Waals surface area (Å²) >= 11 is 5.97. The van der Waals surface area contributed by atoms with E-state index in [0.29, 0.717) is 5.02 Å². The van der Waals surface area contributed by atoms with E-state index in [1.54, 1.807) is 35.1 Å². The van der Waals surface area contributed by atoms with E-state index < -0.39 is 7.37 Å². The minimum atomic E-state index is -3.13. The molecule has 1 aliphatic carbocycles. The van der Waals surface area contributed by atoms with Gasteiger partial charge in [0.25, 0.3) is 5.56 Å². The Morgan fingerprint density at radius 3 is 2.38 bits per heavy atom. The van der Waals surface area contributed by atoms with Crippen molar-refractivity contribution < 1.29 is 9.09 Å². The normalized spacial score (nSPS) is 18.5. The largest absolute Gasteiger partial charge is 0.329 e. The van der Waals surface area contributed by atoms with Crippen molar-refractivity contribution in [1.29, 1.82) is 0 Å². The van der Waals surface area contributed by atoms with Crippen LogP contribution in [0.25, 0.3) is 5.69 Å². The van der Waals surface area contributed by atoms with Gasteiger partial charge < -0.3 is 4.52 Å². The second-order valence-corrected chi connectivity index (χ2v) is 9.28. The predicted molar refractivity (Wildman–Crippen MR) is 97.3 cm³/mol. The van der Waals surface area contributed by atoms with Crippen LogP contribution in [0.3, 0.4) is 0 Å². The maximum atomic E-state index is 13.0. The van der Waals surface area contributed by atoms with Gasteiger partial charge in [-0.3, -0.25) is 14.0 Å². The van der Waals surface area contributed by atoms with E-state index in [0.717, 1.165) is 31.4 Å². The summed E-state index contributed by atoms with van der Waals surface area (Å²) in [5, 5.41) is 0.853. The molecule has 0 N–H and O–H groups in total. The third-order valence-corrected chi connectivity index (χ3v) is 6.83. The number of benzene rings is 1. The van der Waals surface area contributed by atoms with Crippen molar-refractivity contribution >= 4 is 24.3 Å². The average molecular weight is 369 g/mol. The Balaban J connectivity index is 2.19. The molecule has 1 aromatic heterocycles. The summed E-state index contributed by atoms with van der Waals surface area (Å²) in [6, 6.07) is 7.35. The standard InChI is InChI=1S/C17H22ClN2O3P/c1-23-24(2,22)16-12-19(14-6-4-3-5-7-14)20(17(16)21)15-10-8-13(18)9-11-15/h8-12,14H,3-7H2,1-2H3. The Kier molecular flexibility index (Phi) is 5.05. The van der Waals surface area contributed by atoms with Crippen molar-refractivity contribution in [2.75, 3.05) is 13.8 Å². The molecule has 0 aliphatic heterocycles. The Labute approximate surface area is 146 Å². The van der Waals surface area contributed by atoms with Crippen LogP contribution in [-0.4, -0.2) is 23.1 Å². The lowest BCUT2D eigenvalue weighted by Crippen LogP contribution is -2.30. The molecule has 0 bridgehead atoms. The van der Waals surface area contributed by atoms with Gasteiger partial charge in [-0.25, -0.2) is 4.68 Å². The third-order valence-electron chi connectivity index (χ3n) is 4.70. The van der Waals surface area contributed by atoms with Gasteiger partial charge >= 0.3 is 0 Å². The summed E-state index contributed by atoms with van der Waals surface area (Å²) in [7, 11) is -1.75. The third kappa shape index (κ3) is 3.26. The van der Waals surface area contributed by atoms with Crippen molar-refractivity contribution in [2.45, 2.75) is 38.1 Å². The second kappa shape index (κ2) is 6.91. The summed E-state index contributed by atoms with van der Waals surface area (Å²) in [6.45, 7) is 1.49. The van der Waals surface area contributed by atoms with Crippen LogP contribution < -0.4 is 10.9 Å². The molecule has 130 valence electrons. The van der Waals surface area contributed by atoms with Gasteiger partial charge in [0.05, 0.1) is 11.7 Å². The van der Waals surface area contributed by atoms with E-state index in [9.17, 15) is 9.36 Å². The van der Waals surface area contributed by atoms with Gasteiger partial charge in [-0.15, -0.1) is 0 Å². The maximum absolute atomic E-state index is 13.0. The summed E-state index contributed by atoms with van der Waals surface area (Å²) in [5.74, 6) is 0. The van der Waals surface area contributed by atoms with Crippen LogP contribution >= 0.6 is 19.0 Å². The number of halogens is 1. The zero-order valence-corrected chi connectivity index (χ0v) is 15.6. The van der Waals surface area contributed by atoms with Crippen LogP contribution in [0.4, 0.5) is 0 Å². The zero-order valence-electron chi connectivity index (χ0n) is 13.9. The molecule has 1 saturated carbocycles. The molecule has 0 amide bonds. The number of hydrogen-bond donors (Lipinski definition) is 0. The molecule has 1 aromatic carbocycles. The predicted octanol–water partition coefficient (Wildman–Crippen LogP) is 3.98. The smallest absolute Gasteiger partial charge is 0.284 e. The summed E-state index contributed by atoms with van der Waals surface area (Å²) < 4.78 is 21.3. The first-order chi connectivity index (χ1) is 11.4. The maximum Gasteiger partial charge on any atom is 0.284 e. The van der Waals surface area contributed by atoms with Crippen molar-refractivity contribution in [1.82, 2.24) is 9.36 Å². The highest BCUT2D eigenvalue weighted by molar-refractivity contribution is 7.66. The molecule has 3 rings (SSSR count). The fourth-order valence-electron chi connectivity index (χ4n) is 3.28. The van der Waals surface area contributed by atoms with E-state index in [1.165, 1.54) is 20.2 Å². The van der Waals surface area contributed by atoms with Gasteiger partial charge in [-0.05, 0) is 37.1 Å². The molecular formula is C17H22ClN2O3P. The molecule has 24 heavy (non-hydrogen) atoms. The van der Waals surface area contributed by atoms with Crippen LogP contribution in [-0.2, 0) is 9.09 Å². The Morgan fingerprint density at radius 1 is 1.17 bits per heavy atom. The Hall–Kier alpha value is -1.29. The van der Waals surface area contributed by atoms with E-state index in [1.807, 2.05) is 4.68 Å². The first-order valence-corrected chi connectivity index (χ1v) is 10.6. The molecule has 0 saturated heterocycles. The zero-order chi connectivity index (χ0) is 17.3. The van der Waals surface area contributed by atoms with Crippen molar-refractivity contribution in [3.63, 3.8) is 0 Å². The van der Waals surface area contributed by atoms with E-state index in [4.69, 9.17) is 16.1 Å². The quantitative estimate of drug-likeness (QED) is 0.767. The van der Waals surface area contributed by atoms with Gasteiger partial charge in [-0.1, -0.05) is 30.9 Å². The molecule has 0 radical (unpaired) electrons. The molecule has 1 fully saturated rings. The van der Waals surface area contributed by atoms with E-state index in [2.05, 4.69) is 0 Å². The number of hydrogen-bond acceptors (Lipinski definition) is 3. The van der Waals surface area contributed by atoms with Gasteiger partial charge in [0.2, 0.25) is 7.37 Å². The Morgan fingerprint density at radius 2 is 1.79 bits per heavy atom. The highest BCUT2D eigenvalue weighted by atomic mass is 35.5.